The second-order valence-electron chi connectivity index (χ2n) is 3.55. The van der Waals surface area contributed by atoms with Gasteiger partial charge in [-0.15, -0.1) is 0 Å². The first kappa shape index (κ1) is 9.32. The largest absolute Gasteiger partial charge is 0.330 e. The van der Waals surface area contributed by atoms with Crippen LogP contribution in [0.1, 0.15) is 11.1 Å². The summed E-state index contributed by atoms with van der Waals surface area (Å²) < 4.78 is 0. The Morgan fingerprint density at radius 2 is 1.62 bits per heavy atom. The van der Waals surface area contributed by atoms with Gasteiger partial charge in [-0.2, -0.15) is 0 Å². The van der Waals surface area contributed by atoms with Crippen molar-refractivity contribution in [2.45, 2.75) is 12.8 Å². The molecule has 13 heavy (non-hydrogen) atoms. The number of halogens is 2. The van der Waals surface area contributed by atoms with Crippen LogP contribution in [0, 0.1) is 5.92 Å². The summed E-state index contributed by atoms with van der Waals surface area (Å²) in [6.07, 6.45) is 2.09. The highest BCUT2D eigenvalue weighted by Gasteiger charge is 2.21. The second-order valence-corrected chi connectivity index (χ2v) is 4.36. The van der Waals surface area contributed by atoms with Crippen molar-refractivity contribution in [3.63, 3.8) is 0 Å². The Kier molecular flexibility index (Phi) is 2.50. The van der Waals surface area contributed by atoms with Gasteiger partial charge in [-0.1, -0.05) is 23.2 Å². The van der Waals surface area contributed by atoms with E-state index in [1.807, 2.05) is 12.1 Å². The van der Waals surface area contributed by atoms with Crippen molar-refractivity contribution in [2.24, 2.45) is 11.7 Å². The molecule has 0 saturated carbocycles. The minimum atomic E-state index is 0.574. The molecule has 0 aliphatic heterocycles. The molecule has 1 aliphatic rings. The molecule has 1 aliphatic carbocycles. The standard InChI is InChI=1S/C10H11Cl2N/c11-9-3-7-1-6(5-13)2-8(7)4-10(9)12/h3-4,6H,1-2,5,13H2. The molecule has 0 saturated heterocycles. The molecule has 0 spiro atoms. The van der Waals surface area contributed by atoms with E-state index in [4.69, 9.17) is 28.9 Å². The molecule has 0 atom stereocenters. The van der Waals surface area contributed by atoms with Crippen LogP contribution in [-0.2, 0) is 12.8 Å². The number of nitrogens with two attached hydrogens (primary N) is 1. The molecule has 2 rings (SSSR count). The first-order chi connectivity index (χ1) is 6.20. The van der Waals surface area contributed by atoms with Crippen molar-refractivity contribution in [2.75, 3.05) is 6.54 Å². The van der Waals surface area contributed by atoms with Crippen molar-refractivity contribution >= 4 is 23.2 Å². The molecule has 0 radical (unpaired) electrons. The van der Waals surface area contributed by atoms with Crippen LogP contribution in [-0.4, -0.2) is 6.54 Å². The van der Waals surface area contributed by atoms with E-state index < -0.39 is 0 Å². The number of benzene rings is 1. The third-order valence-electron chi connectivity index (χ3n) is 2.59. The highest BCUT2D eigenvalue weighted by atomic mass is 35.5. The number of hydrogen-bond acceptors (Lipinski definition) is 1. The van der Waals surface area contributed by atoms with Crippen LogP contribution in [0.15, 0.2) is 12.1 Å². The van der Waals surface area contributed by atoms with Crippen LogP contribution in [0.4, 0.5) is 0 Å². The predicted molar refractivity (Wildman–Crippen MR) is 56.4 cm³/mol. The summed E-state index contributed by atoms with van der Waals surface area (Å²) in [6, 6.07) is 3.93. The Morgan fingerprint density at radius 1 is 1.15 bits per heavy atom. The lowest BCUT2D eigenvalue weighted by Crippen LogP contribution is -2.13. The third-order valence-corrected chi connectivity index (χ3v) is 3.32. The zero-order valence-corrected chi connectivity index (χ0v) is 8.70. The summed E-state index contributed by atoms with van der Waals surface area (Å²) in [4.78, 5) is 0. The van der Waals surface area contributed by atoms with Crippen molar-refractivity contribution in [3.05, 3.63) is 33.3 Å². The van der Waals surface area contributed by atoms with E-state index in [0.29, 0.717) is 16.0 Å². The van der Waals surface area contributed by atoms with Gasteiger partial charge in [0.25, 0.3) is 0 Å². The molecule has 0 bridgehead atoms. The highest BCUT2D eigenvalue weighted by Crippen LogP contribution is 2.33. The van der Waals surface area contributed by atoms with E-state index in [1.54, 1.807) is 0 Å². The Labute approximate surface area is 87.8 Å². The smallest absolute Gasteiger partial charge is 0.0595 e. The quantitative estimate of drug-likeness (QED) is 0.767. The third kappa shape index (κ3) is 1.69. The van der Waals surface area contributed by atoms with Crippen LogP contribution >= 0.6 is 23.2 Å². The maximum Gasteiger partial charge on any atom is 0.0595 e. The van der Waals surface area contributed by atoms with Gasteiger partial charge in [-0.3, -0.25) is 0 Å². The fraction of sp³-hybridized carbons (Fsp3) is 0.400. The lowest BCUT2D eigenvalue weighted by Gasteiger charge is -2.01. The van der Waals surface area contributed by atoms with E-state index in [-0.39, 0.29) is 0 Å². The summed E-state index contributed by atoms with van der Waals surface area (Å²) in [7, 11) is 0. The van der Waals surface area contributed by atoms with Crippen molar-refractivity contribution in [3.8, 4) is 0 Å². The Morgan fingerprint density at radius 3 is 2.00 bits per heavy atom. The van der Waals surface area contributed by atoms with Crippen molar-refractivity contribution < 1.29 is 0 Å². The number of hydrogen-bond donors (Lipinski definition) is 1. The van der Waals surface area contributed by atoms with Gasteiger partial charge in [0, 0.05) is 0 Å². The van der Waals surface area contributed by atoms with E-state index in [1.165, 1.54) is 11.1 Å². The first-order valence-corrected chi connectivity index (χ1v) is 5.13. The van der Waals surface area contributed by atoms with E-state index in [0.717, 1.165) is 19.4 Å². The molecule has 0 unspecified atom stereocenters. The average Bonchev–Trinajstić information content (AvgIpc) is 2.48. The van der Waals surface area contributed by atoms with E-state index >= 15 is 0 Å². The molecule has 1 aromatic rings. The maximum atomic E-state index is 5.92. The van der Waals surface area contributed by atoms with Crippen LogP contribution in [0.3, 0.4) is 0 Å². The average molecular weight is 216 g/mol. The van der Waals surface area contributed by atoms with Gasteiger partial charge >= 0.3 is 0 Å². The number of fused-ring (bicyclic) bond motifs is 1. The summed E-state index contributed by atoms with van der Waals surface area (Å²) >= 11 is 11.8. The zero-order valence-electron chi connectivity index (χ0n) is 7.19. The molecule has 0 amide bonds. The van der Waals surface area contributed by atoms with Gasteiger partial charge < -0.3 is 5.73 Å². The summed E-state index contributed by atoms with van der Waals surface area (Å²) in [5.74, 6) is 0.574. The minimum absolute atomic E-state index is 0.574. The predicted octanol–water partition coefficient (Wildman–Crippen LogP) is 2.67. The first-order valence-electron chi connectivity index (χ1n) is 4.37. The maximum absolute atomic E-state index is 5.92. The van der Waals surface area contributed by atoms with Crippen molar-refractivity contribution in [1.82, 2.24) is 0 Å². The van der Waals surface area contributed by atoms with Crippen molar-refractivity contribution in [1.29, 1.82) is 0 Å². The van der Waals surface area contributed by atoms with Gasteiger partial charge in [0.1, 0.15) is 0 Å². The molecule has 3 heteroatoms. The highest BCUT2D eigenvalue weighted by molar-refractivity contribution is 6.42. The molecular formula is C10H11Cl2N. The van der Waals surface area contributed by atoms with Gasteiger partial charge in [-0.05, 0) is 48.6 Å². The lowest BCUT2D eigenvalue weighted by atomic mass is 10.1. The van der Waals surface area contributed by atoms with Gasteiger partial charge in [0.2, 0.25) is 0 Å². The van der Waals surface area contributed by atoms with Gasteiger partial charge in [-0.25, -0.2) is 0 Å². The van der Waals surface area contributed by atoms with Crippen LogP contribution in [0.2, 0.25) is 10.0 Å². The van der Waals surface area contributed by atoms with E-state index in [2.05, 4.69) is 0 Å². The molecule has 2 N–H and O–H groups in total. The fourth-order valence-electron chi connectivity index (χ4n) is 1.87. The molecule has 0 fully saturated rings. The van der Waals surface area contributed by atoms with Crippen LogP contribution in [0.5, 0.6) is 0 Å². The monoisotopic (exact) mass is 215 g/mol. The fourth-order valence-corrected chi connectivity index (χ4v) is 2.24. The molecule has 0 aromatic heterocycles. The topological polar surface area (TPSA) is 26.0 Å². The SMILES string of the molecule is NCC1Cc2cc(Cl)c(Cl)cc2C1. The summed E-state index contributed by atoms with van der Waals surface area (Å²) in [6.45, 7) is 0.740. The minimum Gasteiger partial charge on any atom is -0.330 e. The number of rotatable bonds is 1. The zero-order chi connectivity index (χ0) is 9.42. The normalized spacial score (nSPS) is 16.2. The van der Waals surface area contributed by atoms with Crippen LogP contribution in [0.25, 0.3) is 0 Å². The van der Waals surface area contributed by atoms with Gasteiger partial charge in [0.15, 0.2) is 0 Å². The molecule has 70 valence electrons. The second kappa shape index (κ2) is 3.49. The summed E-state index contributed by atoms with van der Waals surface area (Å²) in [5, 5.41) is 1.30. The Bertz CT molecular complexity index is 305. The Balaban J connectivity index is 2.36. The molecule has 1 aromatic carbocycles. The lowest BCUT2D eigenvalue weighted by molar-refractivity contribution is 0.575. The van der Waals surface area contributed by atoms with Crippen LogP contribution < -0.4 is 5.73 Å². The molecular weight excluding hydrogens is 205 g/mol. The summed E-state index contributed by atoms with van der Waals surface area (Å²) in [5.41, 5.74) is 8.24. The van der Waals surface area contributed by atoms with Gasteiger partial charge in [0.05, 0.1) is 10.0 Å². The molecule has 0 heterocycles. The molecule has 1 nitrogen and oxygen atoms in total. The van der Waals surface area contributed by atoms with E-state index in [9.17, 15) is 0 Å². The Hall–Kier alpha value is -0.240.